The Morgan fingerprint density at radius 2 is 1.71 bits per heavy atom. The Balaban J connectivity index is 1.74. The third kappa shape index (κ3) is 4.54. The standard InChI is InChI=1S/C23H27NO7/c1-3-27-22(25)17-12-24(11-16-6-5-9-29-16)13-18(23(26)28-4-2)21(17)15-7-8-19-20(10-15)31-14-30-19/h7-8,10,12-13,16,21H,3-6,9,11,14H2,1-2H3/t16-/m0/s1. The Morgan fingerprint density at radius 3 is 2.32 bits per heavy atom. The van der Waals surface area contributed by atoms with E-state index in [1.165, 1.54) is 0 Å². The highest BCUT2D eigenvalue weighted by atomic mass is 16.7. The highest BCUT2D eigenvalue weighted by Gasteiger charge is 2.37. The molecule has 0 N–H and O–H groups in total. The number of rotatable bonds is 7. The van der Waals surface area contributed by atoms with Crippen molar-refractivity contribution >= 4 is 11.9 Å². The molecule has 0 radical (unpaired) electrons. The molecular weight excluding hydrogens is 402 g/mol. The lowest BCUT2D eigenvalue weighted by molar-refractivity contribution is -0.139. The molecule has 0 aromatic heterocycles. The maximum absolute atomic E-state index is 12.9. The van der Waals surface area contributed by atoms with Gasteiger partial charge in [-0.15, -0.1) is 0 Å². The van der Waals surface area contributed by atoms with Gasteiger partial charge in [0.2, 0.25) is 6.79 Å². The van der Waals surface area contributed by atoms with Crippen LogP contribution >= 0.6 is 0 Å². The number of carbonyl (C=O) groups excluding carboxylic acids is 2. The van der Waals surface area contributed by atoms with E-state index < -0.39 is 17.9 Å². The molecule has 0 spiro atoms. The Bertz CT molecular complexity index is 865. The molecule has 1 aromatic carbocycles. The summed E-state index contributed by atoms with van der Waals surface area (Å²) >= 11 is 0. The zero-order chi connectivity index (χ0) is 21.8. The number of carbonyl (C=O) groups is 2. The third-order valence-electron chi connectivity index (χ3n) is 5.42. The van der Waals surface area contributed by atoms with Crippen LogP contribution in [0, 0.1) is 0 Å². The summed E-state index contributed by atoms with van der Waals surface area (Å²) in [6, 6.07) is 5.40. The fraction of sp³-hybridized carbons (Fsp3) is 0.478. The van der Waals surface area contributed by atoms with E-state index in [0.717, 1.165) is 25.0 Å². The lowest BCUT2D eigenvalue weighted by Gasteiger charge is -2.31. The topological polar surface area (TPSA) is 83.5 Å². The van der Waals surface area contributed by atoms with Gasteiger partial charge >= 0.3 is 11.9 Å². The first-order valence-corrected chi connectivity index (χ1v) is 10.6. The lowest BCUT2D eigenvalue weighted by Crippen LogP contribution is -2.32. The van der Waals surface area contributed by atoms with Crippen LogP contribution in [-0.2, 0) is 23.8 Å². The van der Waals surface area contributed by atoms with Crippen LogP contribution in [0.2, 0.25) is 0 Å². The first kappa shape index (κ1) is 21.2. The molecule has 8 nitrogen and oxygen atoms in total. The van der Waals surface area contributed by atoms with Crippen LogP contribution < -0.4 is 9.47 Å². The second kappa shape index (κ2) is 9.43. The normalized spacial score (nSPS) is 20.3. The molecular formula is C23H27NO7. The molecule has 4 rings (SSSR count). The molecule has 3 aliphatic rings. The number of esters is 2. The Labute approximate surface area is 181 Å². The van der Waals surface area contributed by atoms with Gasteiger partial charge in [0.15, 0.2) is 11.5 Å². The number of nitrogens with zero attached hydrogens (tertiary/aromatic N) is 1. The molecule has 0 amide bonds. The summed E-state index contributed by atoms with van der Waals surface area (Å²) in [6.45, 7) is 5.37. The number of hydrogen-bond donors (Lipinski definition) is 0. The molecule has 166 valence electrons. The number of benzene rings is 1. The minimum absolute atomic E-state index is 0.0430. The summed E-state index contributed by atoms with van der Waals surface area (Å²) in [7, 11) is 0. The smallest absolute Gasteiger partial charge is 0.336 e. The van der Waals surface area contributed by atoms with E-state index in [2.05, 4.69) is 0 Å². The van der Waals surface area contributed by atoms with Crippen LogP contribution in [0.4, 0.5) is 0 Å². The predicted molar refractivity (Wildman–Crippen MR) is 110 cm³/mol. The maximum Gasteiger partial charge on any atom is 0.336 e. The number of hydrogen-bond acceptors (Lipinski definition) is 8. The Kier molecular flexibility index (Phi) is 6.46. The van der Waals surface area contributed by atoms with Crippen molar-refractivity contribution in [2.24, 2.45) is 0 Å². The Hall–Kier alpha value is -3.00. The molecule has 8 heteroatoms. The molecule has 0 bridgehead atoms. The van der Waals surface area contributed by atoms with Gasteiger partial charge in [-0.05, 0) is 44.4 Å². The molecule has 1 atom stereocenters. The van der Waals surface area contributed by atoms with Crippen LogP contribution in [0.15, 0.2) is 41.7 Å². The first-order valence-electron chi connectivity index (χ1n) is 10.6. The van der Waals surface area contributed by atoms with Crippen molar-refractivity contribution in [3.63, 3.8) is 0 Å². The molecule has 1 fully saturated rings. The average molecular weight is 429 g/mol. The number of fused-ring (bicyclic) bond motifs is 1. The second-order valence-corrected chi connectivity index (χ2v) is 7.49. The van der Waals surface area contributed by atoms with E-state index >= 15 is 0 Å². The molecule has 0 unspecified atom stereocenters. The van der Waals surface area contributed by atoms with Crippen LogP contribution in [0.5, 0.6) is 11.5 Å². The van der Waals surface area contributed by atoms with Crippen molar-refractivity contribution in [1.29, 1.82) is 0 Å². The van der Waals surface area contributed by atoms with Crippen molar-refractivity contribution in [2.45, 2.75) is 38.7 Å². The zero-order valence-corrected chi connectivity index (χ0v) is 17.8. The highest BCUT2D eigenvalue weighted by molar-refractivity contribution is 5.98. The van der Waals surface area contributed by atoms with Gasteiger partial charge in [-0.25, -0.2) is 9.59 Å². The fourth-order valence-corrected chi connectivity index (χ4v) is 4.06. The van der Waals surface area contributed by atoms with Gasteiger partial charge in [0.25, 0.3) is 0 Å². The van der Waals surface area contributed by atoms with Gasteiger partial charge in [-0.3, -0.25) is 0 Å². The van der Waals surface area contributed by atoms with Crippen molar-refractivity contribution in [2.75, 3.05) is 33.2 Å². The van der Waals surface area contributed by atoms with Crippen LogP contribution in [0.25, 0.3) is 0 Å². The van der Waals surface area contributed by atoms with Gasteiger partial charge in [0, 0.05) is 25.6 Å². The molecule has 1 saturated heterocycles. The van der Waals surface area contributed by atoms with Gasteiger partial charge in [0.1, 0.15) is 0 Å². The van der Waals surface area contributed by atoms with Crippen LogP contribution in [-0.4, -0.2) is 56.1 Å². The van der Waals surface area contributed by atoms with Crippen molar-refractivity contribution < 1.29 is 33.3 Å². The Morgan fingerprint density at radius 1 is 1.03 bits per heavy atom. The van der Waals surface area contributed by atoms with Gasteiger partial charge in [-0.1, -0.05) is 6.07 Å². The highest BCUT2D eigenvalue weighted by Crippen LogP contribution is 2.42. The second-order valence-electron chi connectivity index (χ2n) is 7.49. The van der Waals surface area contributed by atoms with E-state index in [1.54, 1.807) is 38.4 Å². The molecule has 3 aliphatic heterocycles. The summed E-state index contributed by atoms with van der Waals surface area (Å²) in [4.78, 5) is 27.7. The molecule has 0 saturated carbocycles. The van der Waals surface area contributed by atoms with E-state index in [4.69, 9.17) is 23.7 Å². The van der Waals surface area contributed by atoms with Crippen molar-refractivity contribution in [3.05, 3.63) is 47.3 Å². The summed E-state index contributed by atoms with van der Waals surface area (Å²) in [5.41, 5.74) is 1.45. The lowest BCUT2D eigenvalue weighted by atomic mass is 9.83. The van der Waals surface area contributed by atoms with Crippen molar-refractivity contribution in [3.8, 4) is 11.5 Å². The summed E-state index contributed by atoms with van der Waals surface area (Å²) in [5, 5.41) is 0. The van der Waals surface area contributed by atoms with Gasteiger partial charge < -0.3 is 28.6 Å². The monoisotopic (exact) mass is 429 g/mol. The summed E-state index contributed by atoms with van der Waals surface area (Å²) in [5.74, 6) is -0.392. The SMILES string of the molecule is CCOC(=O)C1=CN(C[C@@H]2CCCO2)C=C(C(=O)OCC)C1c1ccc2c(c1)OCO2. The first-order chi connectivity index (χ1) is 15.1. The molecule has 1 aromatic rings. The zero-order valence-electron chi connectivity index (χ0n) is 17.8. The van der Waals surface area contributed by atoms with E-state index in [1.807, 2.05) is 11.0 Å². The average Bonchev–Trinajstić information content (AvgIpc) is 3.44. The van der Waals surface area contributed by atoms with Crippen molar-refractivity contribution in [1.82, 2.24) is 4.90 Å². The minimum Gasteiger partial charge on any atom is -0.463 e. The molecule has 3 heterocycles. The third-order valence-corrected chi connectivity index (χ3v) is 5.42. The van der Waals surface area contributed by atoms with Gasteiger partial charge in [0.05, 0.1) is 36.4 Å². The quantitative estimate of drug-likeness (QED) is 0.612. The molecule has 0 aliphatic carbocycles. The summed E-state index contributed by atoms with van der Waals surface area (Å²) in [6.07, 6.45) is 5.48. The van der Waals surface area contributed by atoms with E-state index in [0.29, 0.717) is 29.2 Å². The largest absolute Gasteiger partial charge is 0.463 e. The fourth-order valence-electron chi connectivity index (χ4n) is 4.06. The maximum atomic E-state index is 12.9. The molecule has 31 heavy (non-hydrogen) atoms. The van der Waals surface area contributed by atoms with Crippen LogP contribution in [0.3, 0.4) is 0 Å². The van der Waals surface area contributed by atoms with E-state index in [9.17, 15) is 9.59 Å². The number of ether oxygens (including phenoxy) is 5. The minimum atomic E-state index is -0.645. The predicted octanol–water partition coefficient (Wildman–Crippen LogP) is 2.89. The van der Waals surface area contributed by atoms with Gasteiger partial charge in [-0.2, -0.15) is 0 Å². The van der Waals surface area contributed by atoms with Crippen LogP contribution in [0.1, 0.15) is 38.2 Å². The summed E-state index contributed by atoms with van der Waals surface area (Å²) < 4.78 is 27.3. The van der Waals surface area contributed by atoms with E-state index in [-0.39, 0.29) is 26.1 Å².